The van der Waals surface area contributed by atoms with Crippen LogP contribution < -0.4 is 5.32 Å². The van der Waals surface area contributed by atoms with Gasteiger partial charge in [0.25, 0.3) is 5.91 Å². The smallest absolute Gasteiger partial charge is 0.255 e. The third kappa shape index (κ3) is 4.11. The predicted molar refractivity (Wildman–Crippen MR) is 113 cm³/mol. The summed E-state index contributed by atoms with van der Waals surface area (Å²) in [5.74, 6) is -1.60. The largest absolute Gasteiger partial charge is 0.472 e. The van der Waals surface area contributed by atoms with Crippen LogP contribution >= 0.6 is 11.6 Å². The molecule has 2 amide bonds. The lowest BCUT2D eigenvalue weighted by Crippen LogP contribution is -2.59. The fraction of sp³-hybridized carbons (Fsp3) is 0.727. The molecule has 3 fully saturated rings. The predicted octanol–water partition coefficient (Wildman–Crippen LogP) is 2.55. The number of methoxy groups -OCH3 is 2. The molecule has 0 radical (unpaired) electrons. The van der Waals surface area contributed by atoms with Crippen LogP contribution in [-0.4, -0.2) is 73.4 Å². The van der Waals surface area contributed by atoms with Crippen LogP contribution in [0.15, 0.2) is 23.0 Å². The van der Waals surface area contributed by atoms with Gasteiger partial charge in [-0.05, 0) is 30.7 Å². The maximum Gasteiger partial charge on any atom is 0.255 e. The van der Waals surface area contributed by atoms with E-state index in [1.807, 2.05) is 0 Å². The van der Waals surface area contributed by atoms with Gasteiger partial charge in [-0.3, -0.25) is 9.59 Å². The standard InChI is InChI=1S/C22H31ClN2O6/c1-21(7-4-5-8-21)10-16(24-19(26)14-6-9-30-12-14)20(27)25-11-15(23)17-18(25)22(28-2,29-3)13-31-17/h6,9,12,15-18H,4-5,7-8,10-11,13H2,1-3H3,(H,24,26)/t15-,16-,17+,18-/m0/s1. The highest BCUT2D eigenvalue weighted by Crippen LogP contribution is 2.44. The lowest BCUT2D eigenvalue weighted by molar-refractivity contribution is -0.227. The summed E-state index contributed by atoms with van der Waals surface area (Å²) >= 11 is 6.55. The molecule has 0 bridgehead atoms. The topological polar surface area (TPSA) is 90.2 Å². The van der Waals surface area contributed by atoms with Gasteiger partial charge in [-0.1, -0.05) is 19.8 Å². The van der Waals surface area contributed by atoms with Crippen molar-refractivity contribution in [1.29, 1.82) is 0 Å². The molecule has 31 heavy (non-hydrogen) atoms. The molecule has 1 saturated carbocycles. The van der Waals surface area contributed by atoms with Gasteiger partial charge in [-0.15, -0.1) is 11.6 Å². The molecule has 0 unspecified atom stereocenters. The normalized spacial score (nSPS) is 29.7. The number of amides is 2. The van der Waals surface area contributed by atoms with E-state index in [2.05, 4.69) is 12.2 Å². The number of carbonyl (C=O) groups is 2. The monoisotopic (exact) mass is 454 g/mol. The molecule has 0 spiro atoms. The van der Waals surface area contributed by atoms with Crippen LogP contribution in [0.5, 0.6) is 0 Å². The van der Waals surface area contributed by atoms with Gasteiger partial charge in [0.15, 0.2) is 0 Å². The Balaban J connectivity index is 1.60. The molecule has 3 heterocycles. The van der Waals surface area contributed by atoms with Crippen molar-refractivity contribution in [3.05, 3.63) is 24.2 Å². The Bertz CT molecular complexity index is 790. The molecule has 1 aromatic rings. The molecule has 172 valence electrons. The Morgan fingerprint density at radius 1 is 1.32 bits per heavy atom. The maximum atomic E-state index is 13.9. The van der Waals surface area contributed by atoms with Crippen LogP contribution in [0.1, 0.15) is 49.4 Å². The number of carbonyl (C=O) groups excluding carboxylic acids is 2. The van der Waals surface area contributed by atoms with Gasteiger partial charge in [-0.25, -0.2) is 0 Å². The first-order valence-corrected chi connectivity index (χ1v) is 11.3. The average molecular weight is 455 g/mol. The number of fused-ring (bicyclic) bond motifs is 1. The van der Waals surface area contributed by atoms with Crippen molar-refractivity contribution in [2.45, 2.75) is 68.4 Å². The minimum absolute atomic E-state index is 0.00469. The molecule has 2 saturated heterocycles. The first-order chi connectivity index (χ1) is 14.8. The average Bonchev–Trinajstić information content (AvgIpc) is 3.53. The molecule has 0 aromatic carbocycles. The quantitative estimate of drug-likeness (QED) is 0.503. The van der Waals surface area contributed by atoms with Crippen LogP contribution in [0.4, 0.5) is 0 Å². The molecule has 1 N–H and O–H groups in total. The van der Waals surface area contributed by atoms with Crippen LogP contribution in [0.25, 0.3) is 0 Å². The molecule has 2 aliphatic heterocycles. The second kappa shape index (κ2) is 8.73. The lowest BCUT2D eigenvalue weighted by Gasteiger charge is -2.38. The number of halogens is 1. The Labute approximate surface area is 187 Å². The zero-order valence-electron chi connectivity index (χ0n) is 18.3. The molecule has 1 aliphatic carbocycles. The summed E-state index contributed by atoms with van der Waals surface area (Å²) in [7, 11) is 3.08. The van der Waals surface area contributed by atoms with Crippen LogP contribution in [-0.2, 0) is 19.0 Å². The van der Waals surface area contributed by atoms with Crippen molar-refractivity contribution in [3.8, 4) is 0 Å². The van der Waals surface area contributed by atoms with E-state index in [0.717, 1.165) is 25.7 Å². The van der Waals surface area contributed by atoms with E-state index in [4.69, 9.17) is 30.2 Å². The highest BCUT2D eigenvalue weighted by atomic mass is 35.5. The number of alkyl halides is 1. The van der Waals surface area contributed by atoms with Gasteiger partial charge in [0.1, 0.15) is 31.1 Å². The number of rotatable bonds is 7. The fourth-order valence-electron chi connectivity index (χ4n) is 5.39. The van der Waals surface area contributed by atoms with Crippen molar-refractivity contribution < 1.29 is 28.2 Å². The first kappa shape index (κ1) is 22.6. The van der Waals surface area contributed by atoms with E-state index in [0.29, 0.717) is 18.5 Å². The van der Waals surface area contributed by atoms with E-state index >= 15 is 0 Å². The van der Waals surface area contributed by atoms with Gasteiger partial charge >= 0.3 is 0 Å². The Morgan fingerprint density at radius 3 is 2.65 bits per heavy atom. The second-order valence-corrected chi connectivity index (χ2v) is 9.77. The molecule has 3 aliphatic rings. The fourth-order valence-corrected chi connectivity index (χ4v) is 5.75. The number of hydrogen-bond acceptors (Lipinski definition) is 6. The minimum Gasteiger partial charge on any atom is -0.472 e. The van der Waals surface area contributed by atoms with Crippen molar-refractivity contribution in [1.82, 2.24) is 10.2 Å². The van der Waals surface area contributed by atoms with Crippen molar-refractivity contribution >= 4 is 23.4 Å². The third-order valence-corrected chi connectivity index (χ3v) is 7.56. The van der Waals surface area contributed by atoms with Gasteiger partial charge in [0.2, 0.25) is 11.7 Å². The van der Waals surface area contributed by atoms with Crippen LogP contribution in [0, 0.1) is 5.41 Å². The van der Waals surface area contributed by atoms with Crippen molar-refractivity contribution in [3.63, 3.8) is 0 Å². The number of furan rings is 1. The summed E-state index contributed by atoms with van der Waals surface area (Å²) in [5.41, 5.74) is 0.381. The van der Waals surface area contributed by atoms with E-state index in [1.54, 1.807) is 11.0 Å². The number of likely N-dealkylation sites (tertiary alicyclic amines) is 1. The molecule has 1 aromatic heterocycles. The van der Waals surface area contributed by atoms with Crippen molar-refractivity contribution in [2.75, 3.05) is 27.4 Å². The van der Waals surface area contributed by atoms with Gasteiger partial charge < -0.3 is 28.8 Å². The van der Waals surface area contributed by atoms with E-state index in [9.17, 15) is 9.59 Å². The summed E-state index contributed by atoms with van der Waals surface area (Å²) in [5, 5.41) is 2.57. The van der Waals surface area contributed by atoms with E-state index < -0.39 is 24.0 Å². The highest BCUT2D eigenvalue weighted by molar-refractivity contribution is 6.21. The summed E-state index contributed by atoms with van der Waals surface area (Å²) in [6, 6.07) is 0.405. The summed E-state index contributed by atoms with van der Waals surface area (Å²) in [4.78, 5) is 28.3. The first-order valence-electron chi connectivity index (χ1n) is 10.8. The van der Waals surface area contributed by atoms with Gasteiger partial charge in [0.05, 0.1) is 17.2 Å². The van der Waals surface area contributed by atoms with E-state index in [1.165, 1.54) is 26.7 Å². The number of ether oxygens (including phenoxy) is 3. The minimum atomic E-state index is -1.08. The zero-order chi connectivity index (χ0) is 22.2. The molecule has 4 rings (SSSR count). The molecular formula is C22H31ClN2O6. The Hall–Kier alpha value is -1.61. The number of nitrogens with zero attached hydrogens (tertiary/aromatic N) is 1. The SMILES string of the molecule is COC1(OC)CO[C@H]2[C@@H]1N(C(=O)[C@H](CC1(C)CCCC1)NC(=O)c1ccoc1)C[C@@H]2Cl. The van der Waals surface area contributed by atoms with Crippen LogP contribution in [0.2, 0.25) is 0 Å². The number of nitrogens with one attached hydrogen (secondary N) is 1. The molecule has 4 atom stereocenters. The highest BCUT2D eigenvalue weighted by Gasteiger charge is 2.61. The van der Waals surface area contributed by atoms with Gasteiger partial charge in [0, 0.05) is 20.8 Å². The van der Waals surface area contributed by atoms with Gasteiger partial charge in [-0.2, -0.15) is 0 Å². The van der Waals surface area contributed by atoms with Crippen LogP contribution in [0.3, 0.4) is 0 Å². The lowest BCUT2D eigenvalue weighted by atomic mass is 9.81. The molecule has 8 nitrogen and oxygen atoms in total. The molecule has 9 heteroatoms. The summed E-state index contributed by atoms with van der Waals surface area (Å²) in [6.07, 6.45) is 7.32. The summed E-state index contributed by atoms with van der Waals surface area (Å²) < 4.78 is 22.2. The van der Waals surface area contributed by atoms with Crippen molar-refractivity contribution in [2.24, 2.45) is 5.41 Å². The Kier molecular flexibility index (Phi) is 6.36. The third-order valence-electron chi connectivity index (χ3n) is 7.17. The molecular weight excluding hydrogens is 424 g/mol. The maximum absolute atomic E-state index is 13.9. The Morgan fingerprint density at radius 2 is 2.03 bits per heavy atom. The number of hydrogen-bond donors (Lipinski definition) is 1. The summed E-state index contributed by atoms with van der Waals surface area (Å²) in [6.45, 7) is 2.68. The van der Waals surface area contributed by atoms with E-state index in [-0.39, 0.29) is 29.2 Å². The zero-order valence-corrected chi connectivity index (χ0v) is 19.0. The second-order valence-electron chi connectivity index (χ2n) is 9.21.